The van der Waals surface area contributed by atoms with Crippen molar-refractivity contribution in [2.45, 2.75) is 44.0 Å². The van der Waals surface area contributed by atoms with Gasteiger partial charge in [0, 0.05) is 5.92 Å². The number of fused-ring (bicyclic) bond motifs is 2. The van der Waals surface area contributed by atoms with Gasteiger partial charge < -0.3 is 9.84 Å². The third kappa shape index (κ3) is 2.22. The van der Waals surface area contributed by atoms with Crippen molar-refractivity contribution in [3.63, 3.8) is 0 Å². The summed E-state index contributed by atoms with van der Waals surface area (Å²) in [6.45, 7) is 0. The van der Waals surface area contributed by atoms with Crippen molar-refractivity contribution >= 4 is 15.9 Å². The van der Waals surface area contributed by atoms with E-state index in [1.54, 1.807) is 6.07 Å². The molecule has 3 rings (SSSR count). The van der Waals surface area contributed by atoms with Gasteiger partial charge in [0.05, 0.1) is 22.8 Å². The number of hydrogen-bond acceptors (Lipinski definition) is 2. The lowest BCUT2D eigenvalue weighted by atomic mass is 9.83. The second kappa shape index (κ2) is 4.91. The fourth-order valence-electron chi connectivity index (χ4n) is 3.16. The van der Waals surface area contributed by atoms with E-state index in [9.17, 15) is 9.50 Å². The van der Waals surface area contributed by atoms with Crippen molar-refractivity contribution in [1.82, 2.24) is 0 Å². The van der Waals surface area contributed by atoms with Crippen LogP contribution in [0.5, 0.6) is 0 Å². The van der Waals surface area contributed by atoms with Gasteiger partial charge in [-0.05, 0) is 53.2 Å². The first-order valence-corrected chi connectivity index (χ1v) is 7.21. The predicted molar refractivity (Wildman–Crippen MR) is 69.8 cm³/mol. The summed E-state index contributed by atoms with van der Waals surface area (Å²) in [5.41, 5.74) is 0.824. The van der Waals surface area contributed by atoms with Gasteiger partial charge >= 0.3 is 0 Å². The molecular weight excluding hydrogens is 299 g/mol. The highest BCUT2D eigenvalue weighted by molar-refractivity contribution is 9.10. The SMILES string of the molecule is OC(Cc1cccc(F)c1Br)C1CC2CCC1O2. The molecule has 4 heteroatoms. The molecule has 2 bridgehead atoms. The number of halogens is 2. The molecule has 2 saturated heterocycles. The largest absolute Gasteiger partial charge is 0.392 e. The normalized spacial score (nSPS) is 31.8. The van der Waals surface area contributed by atoms with Gasteiger partial charge in [-0.1, -0.05) is 12.1 Å². The van der Waals surface area contributed by atoms with Crippen LogP contribution in [-0.2, 0) is 11.2 Å². The highest BCUT2D eigenvalue weighted by Gasteiger charge is 2.43. The molecule has 0 aromatic heterocycles. The topological polar surface area (TPSA) is 29.5 Å². The van der Waals surface area contributed by atoms with Crippen molar-refractivity contribution in [2.24, 2.45) is 5.92 Å². The molecule has 0 saturated carbocycles. The van der Waals surface area contributed by atoms with Crippen molar-refractivity contribution < 1.29 is 14.2 Å². The lowest BCUT2D eigenvalue weighted by Crippen LogP contribution is -2.31. The molecule has 2 aliphatic rings. The maximum Gasteiger partial charge on any atom is 0.137 e. The third-order valence-corrected chi connectivity index (χ3v) is 5.00. The van der Waals surface area contributed by atoms with Gasteiger partial charge in [0.15, 0.2) is 0 Å². The summed E-state index contributed by atoms with van der Waals surface area (Å²) in [6, 6.07) is 4.95. The Kier molecular flexibility index (Phi) is 3.43. The average Bonchev–Trinajstić information content (AvgIpc) is 2.97. The van der Waals surface area contributed by atoms with E-state index in [-0.39, 0.29) is 17.8 Å². The third-order valence-electron chi connectivity index (χ3n) is 4.11. The Balaban J connectivity index is 1.71. The number of ether oxygens (including phenoxy) is 1. The van der Waals surface area contributed by atoms with E-state index in [1.165, 1.54) is 6.07 Å². The van der Waals surface area contributed by atoms with Gasteiger partial charge in [-0.15, -0.1) is 0 Å². The molecule has 4 unspecified atom stereocenters. The van der Waals surface area contributed by atoms with Crippen molar-refractivity contribution in [3.8, 4) is 0 Å². The maximum atomic E-state index is 13.4. The molecule has 0 radical (unpaired) electrons. The molecule has 0 aliphatic carbocycles. The highest BCUT2D eigenvalue weighted by atomic mass is 79.9. The molecule has 2 aliphatic heterocycles. The van der Waals surface area contributed by atoms with E-state index in [1.807, 2.05) is 6.07 Å². The van der Waals surface area contributed by atoms with Gasteiger partial charge in [-0.25, -0.2) is 4.39 Å². The van der Waals surface area contributed by atoms with Gasteiger partial charge in [-0.2, -0.15) is 0 Å². The maximum absolute atomic E-state index is 13.4. The minimum atomic E-state index is -0.446. The number of aliphatic hydroxyl groups excluding tert-OH is 1. The molecule has 98 valence electrons. The van der Waals surface area contributed by atoms with Crippen LogP contribution in [0, 0.1) is 11.7 Å². The first-order chi connectivity index (χ1) is 8.65. The van der Waals surface area contributed by atoms with Crippen molar-refractivity contribution in [2.75, 3.05) is 0 Å². The molecule has 1 N–H and O–H groups in total. The molecule has 0 amide bonds. The summed E-state index contributed by atoms with van der Waals surface area (Å²) >= 11 is 3.24. The second-order valence-corrected chi connectivity index (χ2v) is 6.05. The first kappa shape index (κ1) is 12.6. The number of aliphatic hydroxyl groups is 1. The van der Waals surface area contributed by atoms with Crippen LogP contribution in [0.15, 0.2) is 22.7 Å². The van der Waals surface area contributed by atoms with Gasteiger partial charge in [0.2, 0.25) is 0 Å². The van der Waals surface area contributed by atoms with E-state index in [0.717, 1.165) is 24.8 Å². The summed E-state index contributed by atoms with van der Waals surface area (Å²) in [5, 5.41) is 10.3. The number of benzene rings is 1. The minimum Gasteiger partial charge on any atom is -0.392 e. The number of hydrogen-bond donors (Lipinski definition) is 1. The fraction of sp³-hybridized carbons (Fsp3) is 0.571. The molecule has 2 fully saturated rings. The molecule has 18 heavy (non-hydrogen) atoms. The average molecular weight is 315 g/mol. The van der Waals surface area contributed by atoms with Gasteiger partial charge in [-0.3, -0.25) is 0 Å². The van der Waals surface area contributed by atoms with Crippen molar-refractivity contribution in [3.05, 3.63) is 34.1 Å². The van der Waals surface area contributed by atoms with Crippen LogP contribution in [0.25, 0.3) is 0 Å². The second-order valence-electron chi connectivity index (χ2n) is 5.26. The lowest BCUT2D eigenvalue weighted by Gasteiger charge is -2.24. The molecule has 1 aromatic carbocycles. The van der Waals surface area contributed by atoms with Crippen LogP contribution in [0.2, 0.25) is 0 Å². The Morgan fingerprint density at radius 3 is 2.94 bits per heavy atom. The van der Waals surface area contributed by atoms with Crippen LogP contribution in [-0.4, -0.2) is 23.4 Å². The Labute approximate surface area is 114 Å². The van der Waals surface area contributed by atoms with Crippen LogP contribution in [0.1, 0.15) is 24.8 Å². The Morgan fingerprint density at radius 1 is 1.44 bits per heavy atom. The monoisotopic (exact) mass is 314 g/mol. The quantitative estimate of drug-likeness (QED) is 0.929. The summed E-state index contributed by atoms with van der Waals surface area (Å²) in [4.78, 5) is 0. The van der Waals surface area contributed by atoms with Crippen LogP contribution < -0.4 is 0 Å². The molecule has 0 spiro atoms. The van der Waals surface area contributed by atoms with E-state index >= 15 is 0 Å². The van der Waals surface area contributed by atoms with E-state index < -0.39 is 6.10 Å². The van der Waals surface area contributed by atoms with E-state index in [4.69, 9.17) is 4.74 Å². The summed E-state index contributed by atoms with van der Waals surface area (Å²) in [7, 11) is 0. The number of rotatable bonds is 3. The molecular formula is C14H16BrFO2. The van der Waals surface area contributed by atoms with Crippen LogP contribution in [0.4, 0.5) is 4.39 Å². The minimum absolute atomic E-state index is 0.206. The standard InChI is InChI=1S/C14H16BrFO2/c15-14-8(2-1-3-11(14)16)6-12(17)10-7-9-4-5-13(10)18-9/h1-3,9-10,12-13,17H,4-7H2. The summed E-state index contributed by atoms with van der Waals surface area (Å²) < 4.78 is 19.6. The zero-order valence-corrected chi connectivity index (χ0v) is 11.6. The van der Waals surface area contributed by atoms with E-state index in [0.29, 0.717) is 17.0 Å². The Morgan fingerprint density at radius 2 is 2.28 bits per heavy atom. The zero-order valence-electron chi connectivity index (χ0n) is 9.98. The van der Waals surface area contributed by atoms with Gasteiger partial charge in [0.1, 0.15) is 5.82 Å². The molecule has 1 aromatic rings. The first-order valence-electron chi connectivity index (χ1n) is 6.41. The van der Waals surface area contributed by atoms with Gasteiger partial charge in [0.25, 0.3) is 0 Å². The lowest BCUT2D eigenvalue weighted by molar-refractivity contribution is 0.0431. The fourth-order valence-corrected chi connectivity index (χ4v) is 3.59. The summed E-state index contributed by atoms with van der Waals surface area (Å²) in [5.74, 6) is -0.0668. The Hall–Kier alpha value is -0.450. The molecule has 4 atom stereocenters. The summed E-state index contributed by atoms with van der Waals surface area (Å²) in [6.07, 6.45) is 3.70. The molecule has 2 nitrogen and oxygen atoms in total. The molecule has 2 heterocycles. The smallest absolute Gasteiger partial charge is 0.137 e. The highest BCUT2D eigenvalue weighted by Crippen LogP contribution is 2.41. The van der Waals surface area contributed by atoms with Crippen LogP contribution >= 0.6 is 15.9 Å². The van der Waals surface area contributed by atoms with Crippen LogP contribution in [0.3, 0.4) is 0 Å². The zero-order chi connectivity index (χ0) is 12.7. The Bertz CT molecular complexity index is 451. The predicted octanol–water partition coefficient (Wildman–Crippen LogP) is 3.06. The van der Waals surface area contributed by atoms with E-state index in [2.05, 4.69) is 15.9 Å². The van der Waals surface area contributed by atoms with Crippen molar-refractivity contribution in [1.29, 1.82) is 0 Å².